The minimum atomic E-state index is -0.688. The topological polar surface area (TPSA) is 93.7 Å². The van der Waals surface area contributed by atoms with Gasteiger partial charge in [-0.15, -0.1) is 11.3 Å². The number of benzene rings is 2. The quantitative estimate of drug-likeness (QED) is 0.499. The molecule has 0 atom stereocenters. The highest BCUT2D eigenvalue weighted by molar-refractivity contribution is 7.12. The maximum Gasteiger partial charge on any atom is 0.340 e. The maximum absolute atomic E-state index is 12.4. The van der Waals surface area contributed by atoms with Crippen molar-refractivity contribution >= 4 is 34.8 Å². The summed E-state index contributed by atoms with van der Waals surface area (Å²) in [5.41, 5.74) is 1.55. The number of para-hydroxylation sites is 1. The lowest BCUT2D eigenvalue weighted by Gasteiger charge is -2.11. The van der Waals surface area contributed by atoms with Crippen LogP contribution in [0.1, 0.15) is 25.6 Å². The SMILES string of the molecule is COc1ccc(CCNC(=O)COC(=O)c2ccccc2NC(=O)c2cccs2)cc1. The van der Waals surface area contributed by atoms with Crippen molar-refractivity contribution in [3.8, 4) is 5.75 Å². The first-order chi connectivity index (χ1) is 15.1. The number of methoxy groups -OCH3 is 1. The van der Waals surface area contributed by atoms with Gasteiger partial charge in [0.2, 0.25) is 0 Å². The third-order valence-electron chi connectivity index (χ3n) is 4.37. The van der Waals surface area contributed by atoms with Gasteiger partial charge in [0.1, 0.15) is 5.75 Å². The number of rotatable bonds is 9. The van der Waals surface area contributed by atoms with Crippen LogP contribution in [-0.2, 0) is 16.0 Å². The number of ether oxygens (including phenoxy) is 2. The number of nitrogens with one attached hydrogen (secondary N) is 2. The van der Waals surface area contributed by atoms with Gasteiger partial charge in [-0.1, -0.05) is 30.3 Å². The summed E-state index contributed by atoms with van der Waals surface area (Å²) >= 11 is 1.30. The van der Waals surface area contributed by atoms with Crippen LogP contribution in [0, 0.1) is 0 Å². The highest BCUT2D eigenvalue weighted by Gasteiger charge is 2.16. The van der Waals surface area contributed by atoms with Gasteiger partial charge in [-0.2, -0.15) is 0 Å². The molecule has 0 aliphatic rings. The lowest BCUT2D eigenvalue weighted by molar-refractivity contribution is -0.124. The first kappa shape index (κ1) is 22.0. The molecule has 0 spiro atoms. The van der Waals surface area contributed by atoms with Crippen LogP contribution in [0.3, 0.4) is 0 Å². The number of amides is 2. The van der Waals surface area contributed by atoms with Crippen LogP contribution in [0.5, 0.6) is 5.75 Å². The second-order valence-corrected chi connectivity index (χ2v) is 7.45. The van der Waals surface area contributed by atoms with Crippen molar-refractivity contribution in [3.63, 3.8) is 0 Å². The number of carbonyl (C=O) groups is 3. The Hall–Kier alpha value is -3.65. The first-order valence-corrected chi connectivity index (χ1v) is 10.5. The van der Waals surface area contributed by atoms with Crippen molar-refractivity contribution in [3.05, 3.63) is 82.0 Å². The molecular weight excluding hydrogens is 416 g/mol. The van der Waals surface area contributed by atoms with Crippen molar-refractivity contribution in [1.82, 2.24) is 5.32 Å². The van der Waals surface area contributed by atoms with Crippen LogP contribution in [0.4, 0.5) is 5.69 Å². The van der Waals surface area contributed by atoms with Crippen molar-refractivity contribution in [2.45, 2.75) is 6.42 Å². The number of thiophene rings is 1. The predicted octanol–water partition coefficient (Wildman–Crippen LogP) is 3.52. The fourth-order valence-electron chi connectivity index (χ4n) is 2.76. The van der Waals surface area contributed by atoms with Gasteiger partial charge < -0.3 is 20.1 Å². The Morgan fingerprint density at radius 3 is 2.45 bits per heavy atom. The summed E-state index contributed by atoms with van der Waals surface area (Å²) in [6.45, 7) is 0.00478. The van der Waals surface area contributed by atoms with Gasteiger partial charge in [-0.3, -0.25) is 9.59 Å². The molecule has 7 nitrogen and oxygen atoms in total. The van der Waals surface area contributed by atoms with Crippen LogP contribution in [0.25, 0.3) is 0 Å². The highest BCUT2D eigenvalue weighted by Crippen LogP contribution is 2.19. The van der Waals surface area contributed by atoms with E-state index in [2.05, 4.69) is 10.6 Å². The Bertz CT molecular complexity index is 1030. The van der Waals surface area contributed by atoms with Gasteiger partial charge in [0, 0.05) is 6.54 Å². The monoisotopic (exact) mass is 438 g/mol. The smallest absolute Gasteiger partial charge is 0.340 e. The molecule has 0 unspecified atom stereocenters. The predicted molar refractivity (Wildman–Crippen MR) is 119 cm³/mol. The van der Waals surface area contributed by atoms with E-state index in [9.17, 15) is 14.4 Å². The van der Waals surface area contributed by atoms with Gasteiger partial charge in [0.05, 0.1) is 23.2 Å². The molecule has 31 heavy (non-hydrogen) atoms. The molecule has 1 heterocycles. The molecule has 160 valence electrons. The number of carbonyl (C=O) groups excluding carboxylic acids is 3. The molecule has 0 radical (unpaired) electrons. The summed E-state index contributed by atoms with van der Waals surface area (Å²) in [5.74, 6) is -0.632. The molecule has 8 heteroatoms. The molecular formula is C23H22N2O5S. The van der Waals surface area contributed by atoms with E-state index in [4.69, 9.17) is 9.47 Å². The Balaban J connectivity index is 1.47. The molecule has 0 bridgehead atoms. The Kier molecular flexibility index (Phi) is 7.78. The standard InChI is InChI=1S/C23H22N2O5S/c1-29-17-10-8-16(9-11-17)12-13-24-21(26)15-30-23(28)18-5-2-3-6-19(18)25-22(27)20-7-4-14-31-20/h2-11,14H,12-13,15H2,1H3,(H,24,26)(H,25,27). The number of hydrogen-bond donors (Lipinski definition) is 2. The van der Waals surface area contributed by atoms with E-state index in [0.29, 0.717) is 23.5 Å². The van der Waals surface area contributed by atoms with Crippen molar-refractivity contribution in [1.29, 1.82) is 0 Å². The second kappa shape index (κ2) is 10.9. The summed E-state index contributed by atoms with van der Waals surface area (Å²) < 4.78 is 10.2. The normalized spacial score (nSPS) is 10.2. The largest absolute Gasteiger partial charge is 0.497 e. The van der Waals surface area contributed by atoms with E-state index in [1.165, 1.54) is 17.4 Å². The van der Waals surface area contributed by atoms with E-state index in [0.717, 1.165) is 11.3 Å². The zero-order valence-corrected chi connectivity index (χ0v) is 17.7. The third-order valence-corrected chi connectivity index (χ3v) is 5.24. The van der Waals surface area contributed by atoms with E-state index in [-0.39, 0.29) is 11.5 Å². The second-order valence-electron chi connectivity index (χ2n) is 6.50. The van der Waals surface area contributed by atoms with E-state index in [1.54, 1.807) is 42.8 Å². The number of anilines is 1. The molecule has 2 amide bonds. The van der Waals surface area contributed by atoms with Crippen LogP contribution in [0.2, 0.25) is 0 Å². The average Bonchev–Trinajstić information content (AvgIpc) is 3.33. The zero-order chi connectivity index (χ0) is 22.1. The molecule has 2 aromatic carbocycles. The summed E-state index contributed by atoms with van der Waals surface area (Å²) in [5, 5.41) is 7.21. The fourth-order valence-corrected chi connectivity index (χ4v) is 3.38. The van der Waals surface area contributed by atoms with Crippen molar-refractivity contribution in [2.75, 3.05) is 25.6 Å². The van der Waals surface area contributed by atoms with Gasteiger partial charge >= 0.3 is 5.97 Å². The Morgan fingerprint density at radius 1 is 0.968 bits per heavy atom. The van der Waals surface area contributed by atoms with Gasteiger partial charge in [-0.25, -0.2) is 4.79 Å². The number of esters is 1. The average molecular weight is 439 g/mol. The van der Waals surface area contributed by atoms with Crippen LogP contribution < -0.4 is 15.4 Å². The highest BCUT2D eigenvalue weighted by atomic mass is 32.1. The summed E-state index contributed by atoms with van der Waals surface area (Å²) in [6, 6.07) is 17.5. The lowest BCUT2D eigenvalue weighted by Crippen LogP contribution is -2.30. The summed E-state index contributed by atoms with van der Waals surface area (Å²) in [4.78, 5) is 37.2. The molecule has 0 saturated heterocycles. The minimum Gasteiger partial charge on any atom is -0.497 e. The summed E-state index contributed by atoms with van der Waals surface area (Å²) in [6.07, 6.45) is 0.640. The van der Waals surface area contributed by atoms with E-state index in [1.807, 2.05) is 24.3 Å². The summed E-state index contributed by atoms with van der Waals surface area (Å²) in [7, 11) is 1.60. The zero-order valence-electron chi connectivity index (χ0n) is 16.9. The molecule has 0 aliphatic carbocycles. The molecule has 0 saturated carbocycles. The Morgan fingerprint density at radius 2 is 1.74 bits per heavy atom. The van der Waals surface area contributed by atoms with Crippen LogP contribution >= 0.6 is 11.3 Å². The third kappa shape index (κ3) is 6.42. The van der Waals surface area contributed by atoms with E-state index >= 15 is 0 Å². The molecule has 0 aliphatic heterocycles. The number of hydrogen-bond acceptors (Lipinski definition) is 6. The first-order valence-electron chi connectivity index (χ1n) is 9.57. The van der Waals surface area contributed by atoms with E-state index < -0.39 is 18.5 Å². The molecule has 3 rings (SSSR count). The van der Waals surface area contributed by atoms with Gasteiger partial charge in [-0.05, 0) is 47.7 Å². The molecule has 1 aromatic heterocycles. The lowest BCUT2D eigenvalue weighted by atomic mass is 10.1. The van der Waals surface area contributed by atoms with Crippen molar-refractivity contribution in [2.24, 2.45) is 0 Å². The van der Waals surface area contributed by atoms with Crippen LogP contribution in [-0.4, -0.2) is 38.0 Å². The minimum absolute atomic E-state index is 0.179. The van der Waals surface area contributed by atoms with Gasteiger partial charge in [0.25, 0.3) is 11.8 Å². The molecule has 2 N–H and O–H groups in total. The molecule has 3 aromatic rings. The maximum atomic E-state index is 12.4. The van der Waals surface area contributed by atoms with Crippen molar-refractivity contribution < 1.29 is 23.9 Å². The van der Waals surface area contributed by atoms with Gasteiger partial charge in [0.15, 0.2) is 6.61 Å². The van der Waals surface area contributed by atoms with Crippen LogP contribution in [0.15, 0.2) is 66.0 Å². The fraction of sp³-hybridized carbons (Fsp3) is 0.174. The molecule has 0 fully saturated rings. The Labute approximate surface area is 184 Å².